The van der Waals surface area contributed by atoms with Gasteiger partial charge in [0.05, 0.1) is 4.92 Å². The van der Waals surface area contributed by atoms with Gasteiger partial charge in [0.1, 0.15) is 0 Å². The highest BCUT2D eigenvalue weighted by Crippen LogP contribution is 2.21. The van der Waals surface area contributed by atoms with Gasteiger partial charge in [0.25, 0.3) is 5.69 Å². The average molecular weight is 193 g/mol. The van der Waals surface area contributed by atoms with Crippen LogP contribution in [-0.4, -0.2) is 11.2 Å². The van der Waals surface area contributed by atoms with Gasteiger partial charge >= 0.3 is 0 Å². The van der Waals surface area contributed by atoms with E-state index in [0.717, 1.165) is 11.8 Å². The van der Waals surface area contributed by atoms with E-state index in [0.29, 0.717) is 17.5 Å². The number of nitro groups is 1. The van der Waals surface area contributed by atoms with Crippen LogP contribution in [0.4, 0.5) is 5.69 Å². The fraction of sp³-hybridized carbons (Fsp3) is 0.300. The first kappa shape index (κ1) is 10.4. The molecule has 0 fully saturated rings. The van der Waals surface area contributed by atoms with Crippen molar-refractivity contribution >= 4 is 12.0 Å². The highest BCUT2D eigenvalue weighted by Gasteiger charge is 2.12. The van der Waals surface area contributed by atoms with E-state index in [-0.39, 0.29) is 5.69 Å². The summed E-state index contributed by atoms with van der Waals surface area (Å²) in [7, 11) is 0. The fourth-order valence-corrected chi connectivity index (χ4v) is 1.42. The minimum atomic E-state index is -0.444. The average Bonchev–Trinajstić information content (AvgIpc) is 2.16. The molecule has 0 heterocycles. The lowest BCUT2D eigenvalue weighted by Gasteiger charge is -2.04. The van der Waals surface area contributed by atoms with E-state index in [2.05, 4.69) is 0 Å². The monoisotopic (exact) mass is 193 g/mol. The van der Waals surface area contributed by atoms with Crippen LogP contribution in [0.1, 0.15) is 28.4 Å². The van der Waals surface area contributed by atoms with Crippen LogP contribution in [0.25, 0.3) is 0 Å². The van der Waals surface area contributed by atoms with E-state index in [9.17, 15) is 14.9 Å². The summed E-state index contributed by atoms with van der Waals surface area (Å²) < 4.78 is 0. The van der Waals surface area contributed by atoms with Crippen LogP contribution in [0.2, 0.25) is 0 Å². The molecule has 0 bridgehead atoms. The minimum absolute atomic E-state index is 0.0463. The van der Waals surface area contributed by atoms with E-state index < -0.39 is 4.92 Å². The Morgan fingerprint density at radius 2 is 2.14 bits per heavy atom. The van der Waals surface area contributed by atoms with Gasteiger partial charge in [0.15, 0.2) is 6.29 Å². The molecule has 0 aliphatic rings. The van der Waals surface area contributed by atoms with Crippen molar-refractivity contribution < 1.29 is 9.72 Å². The highest BCUT2D eigenvalue weighted by atomic mass is 16.6. The maximum atomic E-state index is 10.7. The van der Waals surface area contributed by atoms with E-state index >= 15 is 0 Å². The van der Waals surface area contributed by atoms with Crippen molar-refractivity contribution in [1.82, 2.24) is 0 Å². The molecule has 0 saturated heterocycles. The van der Waals surface area contributed by atoms with Gasteiger partial charge in [0.2, 0.25) is 0 Å². The number of non-ortho nitro benzene ring substituents is 1. The normalized spacial score (nSPS) is 9.86. The van der Waals surface area contributed by atoms with Crippen molar-refractivity contribution in [2.75, 3.05) is 0 Å². The highest BCUT2D eigenvalue weighted by molar-refractivity contribution is 5.80. The van der Waals surface area contributed by atoms with Crippen molar-refractivity contribution in [3.8, 4) is 0 Å². The third-order valence-electron chi connectivity index (χ3n) is 2.17. The third kappa shape index (κ3) is 1.79. The van der Waals surface area contributed by atoms with Gasteiger partial charge in [-0.15, -0.1) is 0 Å². The quantitative estimate of drug-likeness (QED) is 0.420. The number of aryl methyl sites for hydroxylation is 2. The molecule has 0 saturated carbocycles. The zero-order valence-electron chi connectivity index (χ0n) is 8.11. The van der Waals surface area contributed by atoms with Crippen molar-refractivity contribution in [2.45, 2.75) is 20.3 Å². The predicted molar refractivity (Wildman–Crippen MR) is 52.6 cm³/mol. The summed E-state index contributed by atoms with van der Waals surface area (Å²) in [5, 5.41) is 10.5. The molecule has 0 spiro atoms. The van der Waals surface area contributed by atoms with Crippen LogP contribution < -0.4 is 0 Å². The molecule has 0 aromatic heterocycles. The summed E-state index contributed by atoms with van der Waals surface area (Å²) in [6.45, 7) is 3.57. The molecular formula is C10H11NO3. The van der Waals surface area contributed by atoms with Crippen molar-refractivity contribution in [3.05, 3.63) is 38.9 Å². The number of aldehydes is 1. The second kappa shape index (κ2) is 4.00. The van der Waals surface area contributed by atoms with Crippen LogP contribution in [0.5, 0.6) is 0 Å². The summed E-state index contributed by atoms with van der Waals surface area (Å²) in [5.74, 6) is 0. The molecule has 1 aromatic carbocycles. The lowest BCUT2D eigenvalue weighted by molar-refractivity contribution is -0.385. The number of hydrogen-bond donors (Lipinski definition) is 0. The molecule has 4 heteroatoms. The minimum Gasteiger partial charge on any atom is -0.298 e. The van der Waals surface area contributed by atoms with Gasteiger partial charge in [-0.2, -0.15) is 0 Å². The lowest BCUT2D eigenvalue weighted by Crippen LogP contribution is -1.98. The fourth-order valence-electron chi connectivity index (χ4n) is 1.42. The second-order valence-electron chi connectivity index (χ2n) is 3.06. The molecule has 0 N–H and O–H groups in total. The van der Waals surface area contributed by atoms with E-state index in [1.165, 1.54) is 12.1 Å². The van der Waals surface area contributed by atoms with Gasteiger partial charge < -0.3 is 0 Å². The van der Waals surface area contributed by atoms with Crippen molar-refractivity contribution in [3.63, 3.8) is 0 Å². The zero-order chi connectivity index (χ0) is 10.7. The van der Waals surface area contributed by atoms with E-state index in [1.807, 2.05) is 6.92 Å². The number of nitrogens with zero attached hydrogens (tertiary/aromatic N) is 1. The Hall–Kier alpha value is -1.71. The SMILES string of the molecule is CCc1cc([N+](=O)[O-])cc(C)c1C=O. The molecule has 0 radical (unpaired) electrons. The topological polar surface area (TPSA) is 60.2 Å². The standard InChI is InChI=1S/C10H11NO3/c1-3-8-5-9(11(13)14)4-7(2)10(8)6-12/h4-6H,3H2,1-2H3. The third-order valence-corrected chi connectivity index (χ3v) is 2.17. The van der Waals surface area contributed by atoms with E-state index in [1.54, 1.807) is 6.92 Å². The van der Waals surface area contributed by atoms with E-state index in [4.69, 9.17) is 0 Å². The molecule has 4 nitrogen and oxygen atoms in total. The Bertz CT molecular complexity index is 385. The molecule has 0 amide bonds. The van der Waals surface area contributed by atoms with Crippen LogP contribution in [0.15, 0.2) is 12.1 Å². The Kier molecular flexibility index (Phi) is 2.96. The van der Waals surface area contributed by atoms with Crippen molar-refractivity contribution in [2.24, 2.45) is 0 Å². The molecule has 0 unspecified atom stereocenters. The lowest BCUT2D eigenvalue weighted by atomic mass is 10.0. The van der Waals surface area contributed by atoms with Gasteiger partial charge in [-0.05, 0) is 24.5 Å². The Balaban J connectivity index is 3.38. The summed E-state index contributed by atoms with van der Waals surface area (Å²) in [5.41, 5.74) is 2.00. The maximum absolute atomic E-state index is 10.7. The van der Waals surface area contributed by atoms with Gasteiger partial charge in [0, 0.05) is 17.7 Å². The Labute approximate surface area is 81.7 Å². The van der Waals surface area contributed by atoms with Crippen LogP contribution >= 0.6 is 0 Å². The molecule has 0 atom stereocenters. The predicted octanol–water partition coefficient (Wildman–Crippen LogP) is 2.28. The molecule has 0 aliphatic carbocycles. The number of nitro benzene ring substituents is 1. The largest absolute Gasteiger partial charge is 0.298 e. The first-order chi connectivity index (χ1) is 6.60. The van der Waals surface area contributed by atoms with Crippen LogP contribution in [0, 0.1) is 17.0 Å². The summed E-state index contributed by atoms with van der Waals surface area (Å²) in [4.78, 5) is 20.8. The molecule has 0 aliphatic heterocycles. The summed E-state index contributed by atoms with van der Waals surface area (Å²) >= 11 is 0. The first-order valence-electron chi connectivity index (χ1n) is 4.33. The van der Waals surface area contributed by atoms with Crippen LogP contribution in [0.3, 0.4) is 0 Å². The number of carbonyl (C=O) groups is 1. The van der Waals surface area contributed by atoms with Gasteiger partial charge in [-0.25, -0.2) is 0 Å². The number of carbonyl (C=O) groups excluding carboxylic acids is 1. The molecule has 74 valence electrons. The second-order valence-corrected chi connectivity index (χ2v) is 3.06. The van der Waals surface area contributed by atoms with Crippen LogP contribution in [-0.2, 0) is 6.42 Å². The number of hydrogen-bond acceptors (Lipinski definition) is 3. The molecule has 1 aromatic rings. The number of rotatable bonds is 3. The Morgan fingerprint density at radius 1 is 1.50 bits per heavy atom. The molecule has 14 heavy (non-hydrogen) atoms. The van der Waals surface area contributed by atoms with Crippen molar-refractivity contribution in [1.29, 1.82) is 0 Å². The summed E-state index contributed by atoms with van der Waals surface area (Å²) in [6, 6.07) is 2.87. The Morgan fingerprint density at radius 3 is 2.57 bits per heavy atom. The first-order valence-corrected chi connectivity index (χ1v) is 4.33. The smallest absolute Gasteiger partial charge is 0.270 e. The van der Waals surface area contributed by atoms with Gasteiger partial charge in [-0.1, -0.05) is 6.92 Å². The zero-order valence-corrected chi connectivity index (χ0v) is 8.11. The maximum Gasteiger partial charge on any atom is 0.270 e. The molecular weight excluding hydrogens is 182 g/mol. The summed E-state index contributed by atoms with van der Waals surface area (Å²) in [6.07, 6.45) is 1.37. The molecule has 1 rings (SSSR count). The van der Waals surface area contributed by atoms with Gasteiger partial charge in [-0.3, -0.25) is 14.9 Å². The number of benzene rings is 1.